The van der Waals surface area contributed by atoms with Crippen molar-refractivity contribution in [2.75, 3.05) is 7.05 Å². The third-order valence-corrected chi connectivity index (χ3v) is 4.58. The molecule has 0 aliphatic heterocycles. The summed E-state index contributed by atoms with van der Waals surface area (Å²) in [7, 11) is 1.62. The predicted molar refractivity (Wildman–Crippen MR) is 105 cm³/mol. The van der Waals surface area contributed by atoms with E-state index < -0.39 is 6.04 Å². The van der Waals surface area contributed by atoms with Crippen LogP contribution in [-0.4, -0.2) is 29.8 Å². The highest BCUT2D eigenvalue weighted by Gasteiger charge is 2.29. The van der Waals surface area contributed by atoms with Crippen LogP contribution in [0, 0.1) is 6.92 Å². The van der Waals surface area contributed by atoms with Crippen molar-refractivity contribution in [2.45, 2.75) is 45.7 Å². The summed E-state index contributed by atoms with van der Waals surface area (Å²) in [5.41, 5.74) is 3.23. The van der Waals surface area contributed by atoms with E-state index in [-0.39, 0.29) is 11.8 Å². The summed E-state index contributed by atoms with van der Waals surface area (Å²) < 4.78 is 0. The number of likely N-dealkylation sites (N-methyl/N-ethyl adjacent to an activating group) is 1. The number of amides is 2. The Hall–Kier alpha value is -2.62. The first-order chi connectivity index (χ1) is 12.6. The SMILES string of the molecule is CCCC(=O)N(Cc1ccccc1C)[C@@H](Cc1ccccc1)C(=O)NC. The number of carbonyl (C=O) groups excluding carboxylic acids is 2. The van der Waals surface area contributed by atoms with E-state index in [1.807, 2.05) is 68.4 Å². The van der Waals surface area contributed by atoms with Gasteiger partial charge in [0.1, 0.15) is 6.04 Å². The Balaban J connectivity index is 2.35. The zero-order valence-electron chi connectivity index (χ0n) is 15.9. The second-order valence-corrected chi connectivity index (χ2v) is 6.52. The molecule has 1 N–H and O–H groups in total. The van der Waals surface area contributed by atoms with Gasteiger partial charge in [-0.05, 0) is 30.0 Å². The molecule has 2 aromatic carbocycles. The summed E-state index contributed by atoms with van der Waals surface area (Å²) >= 11 is 0. The van der Waals surface area contributed by atoms with Gasteiger partial charge in [0.15, 0.2) is 0 Å². The quantitative estimate of drug-likeness (QED) is 0.791. The molecule has 4 heteroatoms. The normalized spacial score (nSPS) is 11.7. The molecule has 0 unspecified atom stereocenters. The standard InChI is InChI=1S/C22H28N2O2/c1-4-10-21(25)24(16-19-14-9-8-11-17(19)2)20(22(26)23-3)15-18-12-6-5-7-13-18/h5-9,11-14,20H,4,10,15-16H2,1-3H3,(H,23,26)/t20-/m0/s1. The molecule has 0 aromatic heterocycles. The first-order valence-electron chi connectivity index (χ1n) is 9.16. The molecular weight excluding hydrogens is 324 g/mol. The van der Waals surface area contributed by atoms with Crippen molar-refractivity contribution in [1.82, 2.24) is 10.2 Å². The Morgan fingerprint density at radius 2 is 1.69 bits per heavy atom. The molecule has 138 valence electrons. The maximum absolute atomic E-state index is 12.9. The van der Waals surface area contributed by atoms with Crippen LogP contribution in [0.5, 0.6) is 0 Å². The van der Waals surface area contributed by atoms with Crippen molar-refractivity contribution in [2.24, 2.45) is 0 Å². The molecule has 0 heterocycles. The molecule has 0 bridgehead atoms. The lowest BCUT2D eigenvalue weighted by Crippen LogP contribution is -2.49. The highest BCUT2D eigenvalue weighted by molar-refractivity contribution is 5.87. The van der Waals surface area contributed by atoms with Gasteiger partial charge in [-0.2, -0.15) is 0 Å². The fraction of sp³-hybridized carbons (Fsp3) is 0.364. The maximum Gasteiger partial charge on any atom is 0.242 e. The van der Waals surface area contributed by atoms with Gasteiger partial charge in [-0.15, -0.1) is 0 Å². The summed E-state index contributed by atoms with van der Waals surface area (Å²) in [6.07, 6.45) is 1.70. The number of carbonyl (C=O) groups is 2. The minimum Gasteiger partial charge on any atom is -0.357 e. The Morgan fingerprint density at radius 1 is 1.04 bits per heavy atom. The van der Waals surface area contributed by atoms with Crippen molar-refractivity contribution in [1.29, 1.82) is 0 Å². The average Bonchev–Trinajstić information content (AvgIpc) is 2.66. The number of benzene rings is 2. The van der Waals surface area contributed by atoms with Gasteiger partial charge >= 0.3 is 0 Å². The summed E-state index contributed by atoms with van der Waals surface area (Å²) in [6, 6.07) is 17.3. The number of nitrogens with one attached hydrogen (secondary N) is 1. The molecule has 0 aliphatic rings. The molecule has 1 atom stereocenters. The van der Waals surface area contributed by atoms with Crippen molar-refractivity contribution >= 4 is 11.8 Å². The number of hydrogen-bond donors (Lipinski definition) is 1. The van der Waals surface area contributed by atoms with Gasteiger partial charge in [0, 0.05) is 26.4 Å². The molecule has 4 nitrogen and oxygen atoms in total. The van der Waals surface area contributed by atoms with Crippen molar-refractivity contribution in [3.63, 3.8) is 0 Å². The van der Waals surface area contributed by atoms with Crippen molar-refractivity contribution in [3.05, 3.63) is 71.3 Å². The van der Waals surface area contributed by atoms with Crippen LogP contribution in [0.25, 0.3) is 0 Å². The molecule has 0 aliphatic carbocycles. The third kappa shape index (κ3) is 5.19. The van der Waals surface area contributed by atoms with Gasteiger partial charge < -0.3 is 10.2 Å². The first-order valence-corrected chi connectivity index (χ1v) is 9.16. The molecule has 0 saturated carbocycles. The molecule has 2 aromatic rings. The molecule has 2 rings (SSSR count). The van der Waals surface area contributed by atoms with E-state index in [1.54, 1.807) is 11.9 Å². The van der Waals surface area contributed by atoms with E-state index in [9.17, 15) is 9.59 Å². The van der Waals surface area contributed by atoms with E-state index in [2.05, 4.69) is 5.32 Å². The zero-order chi connectivity index (χ0) is 18.9. The monoisotopic (exact) mass is 352 g/mol. The first kappa shape index (κ1) is 19.7. The van der Waals surface area contributed by atoms with Crippen molar-refractivity contribution < 1.29 is 9.59 Å². The average molecular weight is 352 g/mol. The van der Waals surface area contributed by atoms with Crippen LogP contribution in [0.2, 0.25) is 0 Å². The largest absolute Gasteiger partial charge is 0.357 e. The van der Waals surface area contributed by atoms with Crippen LogP contribution in [0.15, 0.2) is 54.6 Å². The minimum atomic E-state index is -0.527. The summed E-state index contributed by atoms with van der Waals surface area (Å²) in [5, 5.41) is 2.73. The molecular formula is C22H28N2O2. The summed E-state index contributed by atoms with van der Waals surface area (Å²) in [5.74, 6) is -0.118. The predicted octanol–water partition coefficient (Wildman–Crippen LogP) is 3.48. The van der Waals surface area contributed by atoms with Gasteiger partial charge in [0.05, 0.1) is 0 Å². The highest BCUT2D eigenvalue weighted by Crippen LogP contribution is 2.18. The van der Waals surface area contributed by atoms with E-state index in [0.29, 0.717) is 19.4 Å². The molecule has 0 radical (unpaired) electrons. The fourth-order valence-electron chi connectivity index (χ4n) is 3.05. The van der Waals surface area contributed by atoms with Crippen LogP contribution < -0.4 is 5.32 Å². The molecule has 0 saturated heterocycles. The van der Waals surface area contributed by atoms with Gasteiger partial charge in [-0.1, -0.05) is 61.5 Å². The van der Waals surface area contributed by atoms with Gasteiger partial charge in [0.2, 0.25) is 11.8 Å². The van der Waals surface area contributed by atoms with Crippen LogP contribution in [-0.2, 0) is 22.6 Å². The zero-order valence-corrected chi connectivity index (χ0v) is 15.9. The van der Waals surface area contributed by atoms with E-state index in [4.69, 9.17) is 0 Å². The smallest absolute Gasteiger partial charge is 0.242 e. The Morgan fingerprint density at radius 3 is 2.31 bits per heavy atom. The lowest BCUT2D eigenvalue weighted by Gasteiger charge is -2.31. The summed E-state index contributed by atoms with van der Waals surface area (Å²) in [6.45, 7) is 4.45. The van der Waals surface area contributed by atoms with Crippen LogP contribution in [0.1, 0.15) is 36.5 Å². The van der Waals surface area contributed by atoms with E-state index in [1.165, 1.54) is 0 Å². The topological polar surface area (TPSA) is 49.4 Å². The lowest BCUT2D eigenvalue weighted by atomic mass is 10.0. The number of nitrogens with zero attached hydrogens (tertiary/aromatic N) is 1. The van der Waals surface area contributed by atoms with Gasteiger partial charge in [-0.25, -0.2) is 0 Å². The van der Waals surface area contributed by atoms with Crippen LogP contribution >= 0.6 is 0 Å². The molecule has 0 spiro atoms. The molecule has 2 amide bonds. The van der Waals surface area contributed by atoms with Gasteiger partial charge in [-0.3, -0.25) is 9.59 Å². The Kier molecular flexibility index (Phi) is 7.39. The van der Waals surface area contributed by atoms with E-state index in [0.717, 1.165) is 23.1 Å². The van der Waals surface area contributed by atoms with Crippen molar-refractivity contribution in [3.8, 4) is 0 Å². The second kappa shape index (κ2) is 9.76. The Bertz CT molecular complexity index is 728. The van der Waals surface area contributed by atoms with E-state index >= 15 is 0 Å². The lowest BCUT2D eigenvalue weighted by molar-refractivity contribution is -0.141. The molecule has 0 fully saturated rings. The van der Waals surface area contributed by atoms with Crippen LogP contribution in [0.4, 0.5) is 0 Å². The molecule has 26 heavy (non-hydrogen) atoms. The number of hydrogen-bond acceptors (Lipinski definition) is 2. The maximum atomic E-state index is 12.9. The van der Waals surface area contributed by atoms with Gasteiger partial charge in [0.25, 0.3) is 0 Å². The third-order valence-electron chi connectivity index (χ3n) is 4.58. The second-order valence-electron chi connectivity index (χ2n) is 6.52. The fourth-order valence-corrected chi connectivity index (χ4v) is 3.05. The summed E-state index contributed by atoms with van der Waals surface area (Å²) in [4.78, 5) is 27.2. The number of aryl methyl sites for hydroxylation is 1. The minimum absolute atomic E-state index is 0.0142. The Labute approximate surface area is 156 Å². The van der Waals surface area contributed by atoms with Crippen LogP contribution in [0.3, 0.4) is 0 Å². The number of rotatable bonds is 8. The highest BCUT2D eigenvalue weighted by atomic mass is 16.2.